The fraction of sp³-hybridized carbons (Fsp3) is 0.294. The number of piperazine rings is 1. The van der Waals surface area contributed by atoms with Crippen LogP contribution in [0, 0.1) is 10.1 Å². The number of halogens is 2. The van der Waals surface area contributed by atoms with Crippen LogP contribution in [0.3, 0.4) is 0 Å². The zero-order valence-corrected chi connectivity index (χ0v) is 14.1. The number of carbonyl (C=O) groups is 1. The van der Waals surface area contributed by atoms with Gasteiger partial charge in [-0.2, -0.15) is 8.78 Å². The van der Waals surface area contributed by atoms with Crippen molar-refractivity contribution in [1.29, 1.82) is 0 Å². The first kappa shape index (κ1) is 18.5. The Hall–Kier alpha value is -3.30. The molecule has 27 heavy (non-hydrogen) atoms. The Morgan fingerprint density at radius 3 is 2.56 bits per heavy atom. The Balaban J connectivity index is 1.70. The zero-order chi connectivity index (χ0) is 19.4. The summed E-state index contributed by atoms with van der Waals surface area (Å²) in [6.45, 7) is -1.39. The molecule has 2 heterocycles. The summed E-state index contributed by atoms with van der Waals surface area (Å²) in [6, 6.07) is 7.22. The summed E-state index contributed by atoms with van der Waals surface area (Å²) >= 11 is 0. The first-order chi connectivity index (χ1) is 13.0. The van der Waals surface area contributed by atoms with Crippen LogP contribution in [0.5, 0.6) is 5.75 Å². The molecular weight excluding hydrogens is 362 g/mol. The smallest absolute Gasteiger partial charge is 0.387 e. The second-order valence-electron chi connectivity index (χ2n) is 5.81. The highest BCUT2D eigenvalue weighted by molar-refractivity contribution is 5.94. The molecule has 1 amide bonds. The molecule has 3 rings (SSSR count). The highest BCUT2D eigenvalue weighted by Gasteiger charge is 2.25. The third-order valence-corrected chi connectivity index (χ3v) is 4.20. The van der Waals surface area contributed by atoms with Crippen molar-refractivity contribution >= 4 is 17.3 Å². The van der Waals surface area contributed by atoms with E-state index in [1.807, 2.05) is 4.90 Å². The minimum absolute atomic E-state index is 0.131. The third kappa shape index (κ3) is 4.27. The van der Waals surface area contributed by atoms with E-state index in [0.29, 0.717) is 37.4 Å². The lowest BCUT2D eigenvalue weighted by atomic mass is 10.2. The first-order valence-electron chi connectivity index (χ1n) is 8.13. The summed E-state index contributed by atoms with van der Waals surface area (Å²) in [5, 5.41) is 11.0. The molecule has 1 aliphatic rings. The molecule has 0 N–H and O–H groups in total. The summed E-state index contributed by atoms with van der Waals surface area (Å²) in [6.07, 6.45) is 3.08. The molecule has 1 saturated heterocycles. The Morgan fingerprint density at radius 1 is 1.22 bits per heavy atom. The molecule has 0 bridgehead atoms. The van der Waals surface area contributed by atoms with E-state index in [4.69, 9.17) is 0 Å². The van der Waals surface area contributed by atoms with Crippen LogP contribution in [-0.4, -0.2) is 53.5 Å². The van der Waals surface area contributed by atoms with Crippen molar-refractivity contribution in [3.63, 3.8) is 0 Å². The van der Waals surface area contributed by atoms with Gasteiger partial charge in [0.2, 0.25) is 5.75 Å². The summed E-state index contributed by atoms with van der Waals surface area (Å²) in [5.41, 5.74) is 0.489. The van der Waals surface area contributed by atoms with Crippen LogP contribution < -0.4 is 9.64 Å². The Bertz CT molecular complexity index is 827. The Morgan fingerprint density at radius 2 is 1.96 bits per heavy atom. The maximum absolute atomic E-state index is 12.5. The SMILES string of the molecule is O=C(c1cccnc1)N1CCN(c2ccc([N+](=O)[O-])c(OC(F)F)c2)CC1. The molecule has 1 aliphatic heterocycles. The van der Waals surface area contributed by atoms with Gasteiger partial charge in [-0.15, -0.1) is 0 Å². The molecule has 0 atom stereocenters. The molecule has 0 unspecified atom stereocenters. The van der Waals surface area contributed by atoms with Gasteiger partial charge in [0.15, 0.2) is 0 Å². The molecule has 0 aliphatic carbocycles. The van der Waals surface area contributed by atoms with Gasteiger partial charge in [0.05, 0.1) is 10.5 Å². The van der Waals surface area contributed by atoms with Crippen LogP contribution in [0.4, 0.5) is 20.2 Å². The average molecular weight is 378 g/mol. The quantitative estimate of drug-likeness (QED) is 0.587. The molecule has 8 nitrogen and oxygen atoms in total. The standard InChI is InChI=1S/C17H16F2N4O4/c18-17(19)27-15-10-13(3-4-14(15)23(25)26)21-6-8-22(9-7-21)16(24)12-2-1-5-20-11-12/h1-5,10-11,17H,6-9H2. The van der Waals surface area contributed by atoms with Gasteiger partial charge in [0.1, 0.15) is 0 Å². The molecule has 1 fully saturated rings. The van der Waals surface area contributed by atoms with Gasteiger partial charge in [0.25, 0.3) is 5.91 Å². The number of pyridine rings is 1. The fourth-order valence-corrected chi connectivity index (χ4v) is 2.88. The monoisotopic (exact) mass is 378 g/mol. The number of amides is 1. The van der Waals surface area contributed by atoms with Crippen LogP contribution >= 0.6 is 0 Å². The van der Waals surface area contributed by atoms with Crippen molar-refractivity contribution in [3.05, 3.63) is 58.4 Å². The predicted octanol–water partition coefficient (Wildman–Crippen LogP) is 2.55. The summed E-state index contributed by atoms with van der Waals surface area (Å²) < 4.78 is 29.3. The van der Waals surface area contributed by atoms with Crippen LogP contribution in [-0.2, 0) is 0 Å². The number of anilines is 1. The van der Waals surface area contributed by atoms with E-state index in [9.17, 15) is 23.7 Å². The van der Waals surface area contributed by atoms with E-state index < -0.39 is 23.0 Å². The van der Waals surface area contributed by atoms with Gasteiger partial charge in [0, 0.05) is 56.4 Å². The van der Waals surface area contributed by atoms with E-state index in [-0.39, 0.29) is 5.91 Å². The van der Waals surface area contributed by atoms with E-state index in [1.54, 1.807) is 23.2 Å². The highest BCUT2D eigenvalue weighted by Crippen LogP contribution is 2.33. The molecule has 2 aromatic rings. The number of nitro groups is 1. The van der Waals surface area contributed by atoms with Crippen molar-refractivity contribution < 1.29 is 23.2 Å². The predicted molar refractivity (Wildman–Crippen MR) is 92.1 cm³/mol. The molecule has 1 aromatic carbocycles. The van der Waals surface area contributed by atoms with Crippen molar-refractivity contribution in [2.45, 2.75) is 6.61 Å². The van der Waals surface area contributed by atoms with Gasteiger partial charge in [-0.25, -0.2) is 0 Å². The number of ether oxygens (including phenoxy) is 1. The lowest BCUT2D eigenvalue weighted by molar-refractivity contribution is -0.386. The summed E-state index contributed by atoms with van der Waals surface area (Å²) in [7, 11) is 0. The Kier molecular flexibility index (Phi) is 5.43. The number of carbonyl (C=O) groups excluding carboxylic acids is 1. The van der Waals surface area contributed by atoms with Gasteiger partial charge in [-0.3, -0.25) is 19.9 Å². The molecule has 0 radical (unpaired) electrons. The van der Waals surface area contributed by atoms with Crippen LogP contribution in [0.25, 0.3) is 0 Å². The largest absolute Gasteiger partial charge is 0.427 e. The number of hydrogen-bond acceptors (Lipinski definition) is 6. The number of alkyl halides is 2. The maximum atomic E-state index is 12.5. The van der Waals surface area contributed by atoms with Crippen molar-refractivity contribution in [2.24, 2.45) is 0 Å². The Labute approximate surface area is 153 Å². The van der Waals surface area contributed by atoms with E-state index in [0.717, 1.165) is 6.07 Å². The number of nitrogens with zero attached hydrogens (tertiary/aromatic N) is 4. The fourth-order valence-electron chi connectivity index (χ4n) is 2.88. The molecule has 10 heteroatoms. The molecule has 142 valence electrons. The second-order valence-corrected chi connectivity index (χ2v) is 5.81. The van der Waals surface area contributed by atoms with E-state index >= 15 is 0 Å². The minimum Gasteiger partial charge on any atom is -0.427 e. The topological polar surface area (TPSA) is 88.8 Å². The van der Waals surface area contributed by atoms with Gasteiger partial charge < -0.3 is 14.5 Å². The normalized spacial score (nSPS) is 14.3. The van der Waals surface area contributed by atoms with E-state index in [1.165, 1.54) is 18.3 Å². The summed E-state index contributed by atoms with van der Waals surface area (Å²) in [5.74, 6) is -0.616. The molecule has 1 aromatic heterocycles. The number of hydrogen-bond donors (Lipinski definition) is 0. The lowest BCUT2D eigenvalue weighted by Gasteiger charge is -2.36. The van der Waals surface area contributed by atoms with E-state index in [2.05, 4.69) is 9.72 Å². The van der Waals surface area contributed by atoms with Crippen LogP contribution in [0.2, 0.25) is 0 Å². The van der Waals surface area contributed by atoms with Crippen molar-refractivity contribution in [1.82, 2.24) is 9.88 Å². The van der Waals surface area contributed by atoms with Crippen molar-refractivity contribution in [2.75, 3.05) is 31.1 Å². The van der Waals surface area contributed by atoms with Gasteiger partial charge in [-0.1, -0.05) is 0 Å². The van der Waals surface area contributed by atoms with Crippen LogP contribution in [0.1, 0.15) is 10.4 Å². The van der Waals surface area contributed by atoms with Gasteiger partial charge >= 0.3 is 12.3 Å². The maximum Gasteiger partial charge on any atom is 0.387 e. The minimum atomic E-state index is -3.16. The zero-order valence-electron chi connectivity index (χ0n) is 14.1. The number of benzene rings is 1. The lowest BCUT2D eigenvalue weighted by Crippen LogP contribution is -2.48. The summed E-state index contributed by atoms with van der Waals surface area (Å²) in [4.78, 5) is 30.1. The number of rotatable bonds is 5. The first-order valence-corrected chi connectivity index (χ1v) is 8.13. The molecule has 0 saturated carbocycles. The average Bonchev–Trinajstić information content (AvgIpc) is 2.67. The molecule has 0 spiro atoms. The van der Waals surface area contributed by atoms with Crippen LogP contribution in [0.15, 0.2) is 42.7 Å². The number of aromatic nitrogens is 1. The third-order valence-electron chi connectivity index (χ3n) is 4.20. The highest BCUT2D eigenvalue weighted by atomic mass is 19.3. The second kappa shape index (κ2) is 7.94. The molecular formula is C17H16F2N4O4. The van der Waals surface area contributed by atoms with Crippen molar-refractivity contribution in [3.8, 4) is 5.75 Å². The number of nitro benzene ring substituents is 1. The van der Waals surface area contributed by atoms with Gasteiger partial charge in [-0.05, 0) is 18.2 Å².